The number of rotatable bonds is 5. The topological polar surface area (TPSA) is 41.9 Å². The Kier molecular flexibility index (Phi) is 5.23. The summed E-state index contributed by atoms with van der Waals surface area (Å²) in [6.07, 6.45) is 3.74. The van der Waals surface area contributed by atoms with E-state index in [9.17, 15) is 0 Å². The predicted molar refractivity (Wildman–Crippen MR) is 102 cm³/mol. The summed E-state index contributed by atoms with van der Waals surface area (Å²) in [6, 6.07) is 20.5. The first-order valence-corrected chi connectivity index (χ1v) is 8.30. The smallest absolute Gasteiger partial charge is 0.171 e. The Hall–Kier alpha value is -2.66. The molecule has 0 amide bonds. The van der Waals surface area contributed by atoms with Crippen LogP contribution in [0.5, 0.6) is 0 Å². The van der Waals surface area contributed by atoms with Gasteiger partial charge in [0.2, 0.25) is 0 Å². The Balaban J connectivity index is 1.54. The molecule has 0 saturated carbocycles. The van der Waals surface area contributed by atoms with Crippen molar-refractivity contribution in [2.45, 2.75) is 19.5 Å². The van der Waals surface area contributed by atoms with Crippen LogP contribution < -0.4 is 10.6 Å². The van der Waals surface area contributed by atoms with Crippen LogP contribution in [0.15, 0.2) is 73.1 Å². The van der Waals surface area contributed by atoms with E-state index >= 15 is 0 Å². The lowest BCUT2D eigenvalue weighted by atomic mass is 10.1. The van der Waals surface area contributed by atoms with Gasteiger partial charge in [0.1, 0.15) is 0 Å². The third kappa shape index (κ3) is 4.43. The minimum absolute atomic E-state index is 0.158. The van der Waals surface area contributed by atoms with Crippen LogP contribution in [0.3, 0.4) is 0 Å². The summed E-state index contributed by atoms with van der Waals surface area (Å²) in [5.41, 5.74) is 3.37. The number of hydrogen-bond donors (Lipinski definition) is 2. The molecule has 2 aromatic carbocycles. The summed E-state index contributed by atoms with van der Waals surface area (Å²) in [4.78, 5) is 0. The van der Waals surface area contributed by atoms with Gasteiger partial charge in [0.25, 0.3) is 0 Å². The van der Waals surface area contributed by atoms with Crippen molar-refractivity contribution >= 4 is 23.0 Å². The van der Waals surface area contributed by atoms with Crippen molar-refractivity contribution < 1.29 is 0 Å². The molecule has 1 heterocycles. The van der Waals surface area contributed by atoms with Crippen LogP contribution in [0.4, 0.5) is 5.69 Å². The maximum Gasteiger partial charge on any atom is 0.171 e. The average molecular weight is 336 g/mol. The van der Waals surface area contributed by atoms with E-state index in [2.05, 4.69) is 46.9 Å². The molecule has 5 heteroatoms. The first-order chi connectivity index (χ1) is 11.7. The normalized spacial score (nSPS) is 11.7. The van der Waals surface area contributed by atoms with Crippen molar-refractivity contribution in [1.29, 1.82) is 0 Å². The molecule has 3 rings (SSSR count). The lowest BCUT2D eigenvalue weighted by Crippen LogP contribution is -2.30. The summed E-state index contributed by atoms with van der Waals surface area (Å²) in [5.74, 6) is 0. The first-order valence-electron chi connectivity index (χ1n) is 7.89. The molecule has 3 aromatic rings. The second kappa shape index (κ2) is 7.75. The number of aromatic nitrogens is 2. The van der Waals surface area contributed by atoms with Crippen molar-refractivity contribution in [2.75, 3.05) is 5.32 Å². The fraction of sp³-hybridized carbons (Fsp3) is 0.158. The first kappa shape index (κ1) is 16.2. The predicted octanol–water partition coefficient (Wildman–Crippen LogP) is 3.98. The van der Waals surface area contributed by atoms with Gasteiger partial charge in [0, 0.05) is 18.1 Å². The van der Waals surface area contributed by atoms with Crippen molar-refractivity contribution in [2.24, 2.45) is 0 Å². The van der Waals surface area contributed by atoms with E-state index in [1.807, 2.05) is 47.3 Å². The van der Waals surface area contributed by atoms with Gasteiger partial charge < -0.3 is 10.6 Å². The number of anilines is 1. The summed E-state index contributed by atoms with van der Waals surface area (Å²) >= 11 is 5.40. The summed E-state index contributed by atoms with van der Waals surface area (Å²) in [6.45, 7) is 2.86. The average Bonchev–Trinajstić information content (AvgIpc) is 3.10. The van der Waals surface area contributed by atoms with E-state index in [0.717, 1.165) is 12.2 Å². The maximum atomic E-state index is 5.40. The second-order valence-electron chi connectivity index (χ2n) is 5.63. The highest BCUT2D eigenvalue weighted by atomic mass is 32.1. The van der Waals surface area contributed by atoms with Crippen molar-refractivity contribution in [1.82, 2.24) is 15.1 Å². The van der Waals surface area contributed by atoms with Crippen LogP contribution in [0.2, 0.25) is 0 Å². The minimum atomic E-state index is 0.158. The highest BCUT2D eigenvalue weighted by Crippen LogP contribution is 2.13. The fourth-order valence-electron chi connectivity index (χ4n) is 2.46. The third-order valence-corrected chi connectivity index (χ3v) is 3.98. The van der Waals surface area contributed by atoms with E-state index in [4.69, 9.17) is 12.2 Å². The molecule has 0 radical (unpaired) electrons. The minimum Gasteiger partial charge on any atom is -0.356 e. The van der Waals surface area contributed by atoms with Crippen molar-refractivity contribution in [3.8, 4) is 0 Å². The maximum absolute atomic E-state index is 5.40. The third-order valence-electron chi connectivity index (χ3n) is 3.76. The molecule has 0 fully saturated rings. The van der Waals surface area contributed by atoms with Crippen LogP contribution in [-0.4, -0.2) is 14.9 Å². The van der Waals surface area contributed by atoms with Gasteiger partial charge in [0.05, 0.1) is 12.6 Å². The molecule has 122 valence electrons. The molecule has 0 saturated heterocycles. The van der Waals surface area contributed by atoms with Gasteiger partial charge in [0.15, 0.2) is 5.11 Å². The zero-order valence-corrected chi connectivity index (χ0v) is 14.3. The lowest BCUT2D eigenvalue weighted by Gasteiger charge is -2.17. The molecule has 1 atom stereocenters. The zero-order chi connectivity index (χ0) is 16.8. The SMILES string of the molecule is CC(NC(=S)Nc1ccc(Cn2cccn2)cc1)c1ccccc1. The highest BCUT2D eigenvalue weighted by molar-refractivity contribution is 7.80. The van der Waals surface area contributed by atoms with E-state index in [-0.39, 0.29) is 6.04 Å². The summed E-state index contributed by atoms with van der Waals surface area (Å²) in [7, 11) is 0. The quantitative estimate of drug-likeness (QED) is 0.692. The van der Waals surface area contributed by atoms with E-state index in [0.29, 0.717) is 5.11 Å². The molecule has 0 aliphatic carbocycles. The Bertz CT molecular complexity index is 767. The summed E-state index contributed by atoms with van der Waals surface area (Å²) < 4.78 is 1.90. The molecule has 4 nitrogen and oxygen atoms in total. The Morgan fingerprint density at radius 3 is 2.50 bits per heavy atom. The Morgan fingerprint density at radius 2 is 1.83 bits per heavy atom. The van der Waals surface area contributed by atoms with Crippen molar-refractivity contribution in [3.63, 3.8) is 0 Å². The largest absolute Gasteiger partial charge is 0.356 e. The number of nitrogens with one attached hydrogen (secondary N) is 2. The highest BCUT2D eigenvalue weighted by Gasteiger charge is 2.06. The molecule has 2 N–H and O–H groups in total. The molecule has 0 bridgehead atoms. The Morgan fingerprint density at radius 1 is 1.08 bits per heavy atom. The van der Waals surface area contributed by atoms with Crippen molar-refractivity contribution in [3.05, 3.63) is 84.2 Å². The van der Waals surface area contributed by atoms with Gasteiger partial charge in [-0.2, -0.15) is 5.10 Å². The van der Waals surface area contributed by atoms with E-state index in [1.54, 1.807) is 6.20 Å². The molecule has 0 spiro atoms. The molecule has 24 heavy (non-hydrogen) atoms. The monoisotopic (exact) mass is 336 g/mol. The van der Waals surface area contributed by atoms with Gasteiger partial charge >= 0.3 is 0 Å². The van der Waals surface area contributed by atoms with E-state index < -0.39 is 0 Å². The van der Waals surface area contributed by atoms with Gasteiger partial charge in [-0.3, -0.25) is 4.68 Å². The molecule has 1 unspecified atom stereocenters. The van der Waals surface area contributed by atoms with Crippen LogP contribution in [-0.2, 0) is 6.54 Å². The molecular formula is C19H20N4S. The lowest BCUT2D eigenvalue weighted by molar-refractivity contribution is 0.687. The van der Waals surface area contributed by atoms with Crippen LogP contribution in [0.25, 0.3) is 0 Å². The van der Waals surface area contributed by atoms with Gasteiger partial charge in [-0.05, 0) is 48.5 Å². The second-order valence-corrected chi connectivity index (χ2v) is 6.04. The number of hydrogen-bond acceptors (Lipinski definition) is 2. The summed E-state index contributed by atoms with van der Waals surface area (Å²) in [5, 5.41) is 11.4. The standard InChI is InChI=1S/C19H20N4S/c1-15(17-6-3-2-4-7-17)21-19(24)22-18-10-8-16(9-11-18)14-23-13-5-12-20-23/h2-13,15H,14H2,1H3,(H2,21,22,24). The molecule has 0 aliphatic heterocycles. The zero-order valence-electron chi connectivity index (χ0n) is 13.5. The number of benzene rings is 2. The van der Waals surface area contributed by atoms with Gasteiger partial charge in [-0.15, -0.1) is 0 Å². The number of thiocarbonyl (C=S) groups is 1. The van der Waals surface area contributed by atoms with Crippen LogP contribution in [0, 0.1) is 0 Å². The van der Waals surface area contributed by atoms with E-state index in [1.165, 1.54) is 11.1 Å². The van der Waals surface area contributed by atoms with Crippen LogP contribution in [0.1, 0.15) is 24.1 Å². The molecule has 1 aromatic heterocycles. The molecular weight excluding hydrogens is 316 g/mol. The van der Waals surface area contributed by atoms with Crippen LogP contribution >= 0.6 is 12.2 Å². The van der Waals surface area contributed by atoms with Gasteiger partial charge in [-0.25, -0.2) is 0 Å². The Labute approximate surface area is 147 Å². The fourth-order valence-corrected chi connectivity index (χ4v) is 2.76. The molecule has 0 aliphatic rings. The van der Waals surface area contributed by atoms with Gasteiger partial charge in [-0.1, -0.05) is 42.5 Å². The number of nitrogens with zero attached hydrogens (tertiary/aromatic N) is 2.